The molecule has 0 atom stereocenters. The number of nitrogens with one attached hydrogen (secondary N) is 2. The Hall–Kier alpha value is -1.40. The molecule has 0 heterocycles. The third-order valence-corrected chi connectivity index (χ3v) is 3.74. The van der Waals surface area contributed by atoms with E-state index in [4.69, 9.17) is 11.1 Å². The van der Waals surface area contributed by atoms with Crippen LogP contribution in [0.25, 0.3) is 0 Å². The van der Waals surface area contributed by atoms with Crippen LogP contribution in [0.2, 0.25) is 0 Å². The number of amidine groups is 1. The van der Waals surface area contributed by atoms with Crippen molar-refractivity contribution in [3.05, 3.63) is 35.4 Å². The molecule has 94 valence electrons. The SMILES string of the molecule is CCCS(=O)(=O)NCc1cccc(C(=N)N)c1. The van der Waals surface area contributed by atoms with Crippen LogP contribution in [0, 0.1) is 5.41 Å². The number of sulfonamides is 1. The summed E-state index contributed by atoms with van der Waals surface area (Å²) in [6.45, 7) is 2.04. The molecular weight excluding hydrogens is 238 g/mol. The smallest absolute Gasteiger partial charge is 0.211 e. The highest BCUT2D eigenvalue weighted by Gasteiger charge is 2.08. The lowest BCUT2D eigenvalue weighted by Crippen LogP contribution is -2.25. The van der Waals surface area contributed by atoms with Gasteiger partial charge in [0.05, 0.1) is 5.75 Å². The van der Waals surface area contributed by atoms with E-state index in [0.717, 1.165) is 5.56 Å². The van der Waals surface area contributed by atoms with E-state index in [1.165, 1.54) is 0 Å². The number of hydrogen-bond acceptors (Lipinski definition) is 3. The van der Waals surface area contributed by atoms with E-state index in [-0.39, 0.29) is 18.1 Å². The normalized spacial score (nSPS) is 11.4. The second-order valence-electron chi connectivity index (χ2n) is 3.75. The predicted octanol–water partition coefficient (Wildman–Crippen LogP) is 0.800. The van der Waals surface area contributed by atoms with Crippen molar-refractivity contribution in [2.45, 2.75) is 19.9 Å². The van der Waals surface area contributed by atoms with Crippen LogP contribution in [-0.2, 0) is 16.6 Å². The first kappa shape index (κ1) is 13.7. The van der Waals surface area contributed by atoms with Gasteiger partial charge >= 0.3 is 0 Å². The van der Waals surface area contributed by atoms with Gasteiger partial charge in [-0.1, -0.05) is 25.1 Å². The minimum Gasteiger partial charge on any atom is -0.384 e. The van der Waals surface area contributed by atoms with Crippen LogP contribution >= 0.6 is 0 Å². The standard InChI is InChI=1S/C11H17N3O2S/c1-2-6-17(15,16)14-8-9-4-3-5-10(7-9)11(12)13/h3-5,7,14H,2,6,8H2,1H3,(H3,12,13). The molecule has 4 N–H and O–H groups in total. The molecule has 1 aromatic rings. The summed E-state index contributed by atoms with van der Waals surface area (Å²) < 4.78 is 25.4. The summed E-state index contributed by atoms with van der Waals surface area (Å²) >= 11 is 0. The zero-order valence-corrected chi connectivity index (χ0v) is 10.5. The van der Waals surface area contributed by atoms with Crippen molar-refractivity contribution in [3.8, 4) is 0 Å². The lowest BCUT2D eigenvalue weighted by atomic mass is 10.1. The van der Waals surface area contributed by atoms with Crippen LogP contribution in [0.5, 0.6) is 0 Å². The van der Waals surface area contributed by atoms with E-state index in [1.54, 1.807) is 24.3 Å². The molecule has 0 fully saturated rings. The van der Waals surface area contributed by atoms with E-state index < -0.39 is 10.0 Å². The summed E-state index contributed by atoms with van der Waals surface area (Å²) in [4.78, 5) is 0. The lowest BCUT2D eigenvalue weighted by Gasteiger charge is -2.06. The third-order valence-electron chi connectivity index (χ3n) is 2.21. The first-order valence-corrected chi connectivity index (χ1v) is 7.00. The van der Waals surface area contributed by atoms with Gasteiger partial charge in [0.2, 0.25) is 10.0 Å². The van der Waals surface area contributed by atoms with Gasteiger partial charge in [-0.3, -0.25) is 5.41 Å². The molecule has 0 spiro atoms. The fourth-order valence-corrected chi connectivity index (χ4v) is 2.45. The van der Waals surface area contributed by atoms with Crippen LogP contribution in [0.1, 0.15) is 24.5 Å². The second-order valence-corrected chi connectivity index (χ2v) is 5.68. The van der Waals surface area contributed by atoms with Gasteiger partial charge in [0.15, 0.2) is 0 Å². The topological polar surface area (TPSA) is 96.0 Å². The Balaban J connectivity index is 2.70. The quantitative estimate of drug-likeness (QED) is 0.518. The monoisotopic (exact) mass is 255 g/mol. The minimum atomic E-state index is -3.20. The molecular formula is C11H17N3O2S. The average molecular weight is 255 g/mol. The molecule has 0 aliphatic rings. The van der Waals surface area contributed by atoms with E-state index in [9.17, 15) is 8.42 Å². The molecule has 0 saturated carbocycles. The maximum Gasteiger partial charge on any atom is 0.211 e. The molecule has 1 aromatic carbocycles. The minimum absolute atomic E-state index is 0.0248. The van der Waals surface area contributed by atoms with Crippen molar-refractivity contribution in [2.24, 2.45) is 5.73 Å². The maximum atomic E-state index is 11.4. The Morgan fingerprint density at radius 2 is 2.18 bits per heavy atom. The highest BCUT2D eigenvalue weighted by molar-refractivity contribution is 7.89. The van der Waals surface area contributed by atoms with Crippen molar-refractivity contribution < 1.29 is 8.42 Å². The Labute approximate surface area is 102 Å². The van der Waals surface area contributed by atoms with Crippen molar-refractivity contribution in [3.63, 3.8) is 0 Å². The zero-order valence-electron chi connectivity index (χ0n) is 9.73. The maximum absolute atomic E-state index is 11.4. The first-order valence-electron chi connectivity index (χ1n) is 5.35. The number of nitrogens with two attached hydrogens (primary N) is 1. The average Bonchev–Trinajstić information content (AvgIpc) is 2.27. The van der Waals surface area contributed by atoms with E-state index in [0.29, 0.717) is 12.0 Å². The first-order chi connectivity index (χ1) is 7.94. The van der Waals surface area contributed by atoms with E-state index >= 15 is 0 Å². The lowest BCUT2D eigenvalue weighted by molar-refractivity contribution is 0.580. The molecule has 0 saturated heterocycles. The Morgan fingerprint density at radius 1 is 1.47 bits per heavy atom. The van der Waals surface area contributed by atoms with Gasteiger partial charge in [-0.25, -0.2) is 13.1 Å². The number of nitrogen functional groups attached to an aromatic ring is 1. The number of rotatable bonds is 6. The number of hydrogen-bond donors (Lipinski definition) is 3. The molecule has 0 aliphatic carbocycles. The predicted molar refractivity (Wildman–Crippen MR) is 68.4 cm³/mol. The van der Waals surface area contributed by atoms with E-state index in [2.05, 4.69) is 4.72 Å². The number of benzene rings is 1. The fraction of sp³-hybridized carbons (Fsp3) is 0.364. The molecule has 0 aliphatic heterocycles. The van der Waals surface area contributed by atoms with Crippen molar-refractivity contribution in [1.29, 1.82) is 5.41 Å². The largest absolute Gasteiger partial charge is 0.384 e. The summed E-state index contributed by atoms with van der Waals surface area (Å²) in [5.41, 5.74) is 6.74. The molecule has 0 amide bonds. The summed E-state index contributed by atoms with van der Waals surface area (Å²) in [6.07, 6.45) is 0.586. The van der Waals surface area contributed by atoms with E-state index in [1.807, 2.05) is 6.92 Å². The van der Waals surface area contributed by atoms with Crippen LogP contribution in [0.15, 0.2) is 24.3 Å². The Morgan fingerprint density at radius 3 is 2.76 bits per heavy atom. The molecule has 5 nitrogen and oxygen atoms in total. The Kier molecular flexibility index (Phi) is 4.65. The van der Waals surface area contributed by atoms with Gasteiger partial charge in [0.1, 0.15) is 5.84 Å². The van der Waals surface area contributed by atoms with Crippen LogP contribution in [-0.4, -0.2) is 20.0 Å². The van der Waals surface area contributed by atoms with Crippen LogP contribution in [0.4, 0.5) is 0 Å². The molecule has 17 heavy (non-hydrogen) atoms. The fourth-order valence-electron chi connectivity index (χ4n) is 1.38. The van der Waals surface area contributed by atoms with Gasteiger partial charge in [0, 0.05) is 12.1 Å². The molecule has 0 aromatic heterocycles. The van der Waals surface area contributed by atoms with Gasteiger partial charge in [-0.2, -0.15) is 0 Å². The highest BCUT2D eigenvalue weighted by Crippen LogP contribution is 2.05. The third kappa shape index (κ3) is 4.54. The van der Waals surface area contributed by atoms with Crippen molar-refractivity contribution in [1.82, 2.24) is 4.72 Å². The molecule has 6 heteroatoms. The molecule has 0 radical (unpaired) electrons. The Bertz CT molecular complexity index is 497. The van der Waals surface area contributed by atoms with Crippen LogP contribution in [0.3, 0.4) is 0 Å². The highest BCUT2D eigenvalue weighted by atomic mass is 32.2. The summed E-state index contributed by atoms with van der Waals surface area (Å²) in [5, 5.41) is 7.29. The summed E-state index contributed by atoms with van der Waals surface area (Å²) in [5.74, 6) is 0.0996. The van der Waals surface area contributed by atoms with Gasteiger partial charge < -0.3 is 5.73 Å². The summed E-state index contributed by atoms with van der Waals surface area (Å²) in [6, 6.07) is 6.96. The van der Waals surface area contributed by atoms with Gasteiger partial charge in [-0.15, -0.1) is 0 Å². The molecule has 0 bridgehead atoms. The van der Waals surface area contributed by atoms with Crippen LogP contribution < -0.4 is 10.5 Å². The summed E-state index contributed by atoms with van der Waals surface area (Å²) in [7, 11) is -3.20. The second kappa shape index (κ2) is 5.79. The van der Waals surface area contributed by atoms with Crippen molar-refractivity contribution >= 4 is 15.9 Å². The molecule has 0 unspecified atom stereocenters. The van der Waals surface area contributed by atoms with Crippen molar-refractivity contribution in [2.75, 3.05) is 5.75 Å². The zero-order chi connectivity index (χ0) is 12.9. The van der Waals surface area contributed by atoms with Gasteiger partial charge in [-0.05, 0) is 18.1 Å². The molecule has 1 rings (SSSR count). The van der Waals surface area contributed by atoms with Gasteiger partial charge in [0.25, 0.3) is 0 Å².